The molecule has 0 atom stereocenters. The second kappa shape index (κ2) is 10.9. The summed E-state index contributed by atoms with van der Waals surface area (Å²) in [6.45, 7) is 8.44. The Labute approximate surface area is 88.7 Å². The topological polar surface area (TPSA) is 3.24 Å². The van der Waals surface area contributed by atoms with E-state index in [2.05, 4.69) is 37.6 Å². The van der Waals surface area contributed by atoms with Gasteiger partial charge in [0, 0.05) is 0 Å². The van der Waals surface area contributed by atoms with Crippen molar-refractivity contribution >= 4 is 0 Å². The van der Waals surface area contributed by atoms with Crippen molar-refractivity contribution in [1.82, 2.24) is 4.90 Å². The summed E-state index contributed by atoms with van der Waals surface area (Å²) in [6.07, 6.45) is 7.41. The number of allylic oxidation sites excluding steroid dienone is 1. The second-order valence-electron chi connectivity index (χ2n) is 2.42. The summed E-state index contributed by atoms with van der Waals surface area (Å²) in [4.78, 5) is 2.10. The van der Waals surface area contributed by atoms with Gasteiger partial charge in [0.15, 0.2) is 0 Å². The van der Waals surface area contributed by atoms with Crippen LogP contribution in [0.25, 0.3) is 0 Å². The van der Waals surface area contributed by atoms with Gasteiger partial charge in [0.2, 0.25) is 0 Å². The van der Waals surface area contributed by atoms with Gasteiger partial charge in [0.05, 0.1) is 0 Å². The Bertz CT molecular complexity index is 133. The molecule has 0 aromatic rings. The maximum atomic E-state index is 3.08. The Balaban J connectivity index is 0. The molecule has 0 aromatic heterocycles. The molecule has 64 valence electrons. The molecule has 0 saturated carbocycles. The normalized spacial score (nSPS) is 7.92. The summed E-state index contributed by atoms with van der Waals surface area (Å²) < 4.78 is 0. The Morgan fingerprint density at radius 1 is 1.25 bits per heavy atom. The van der Waals surface area contributed by atoms with Gasteiger partial charge in [-0.05, 0) is 26.9 Å². The molecule has 0 fully saturated rings. The molecule has 1 nitrogen and oxygen atoms in total. The predicted molar refractivity (Wildman–Crippen MR) is 49.2 cm³/mol. The Morgan fingerprint density at radius 2 is 1.83 bits per heavy atom. The van der Waals surface area contributed by atoms with E-state index in [4.69, 9.17) is 0 Å². The number of unbranched alkanes of at least 4 members (excludes halogenated alkanes) is 1. The van der Waals surface area contributed by atoms with E-state index in [9.17, 15) is 0 Å². The zero-order valence-electron chi connectivity index (χ0n) is 8.85. The molecular formula is C10H18LiN. The molecule has 0 unspecified atom stereocenters. The maximum absolute atomic E-state index is 3.08. The van der Waals surface area contributed by atoms with Crippen LogP contribution in [-0.4, -0.2) is 18.0 Å². The zero-order valence-corrected chi connectivity index (χ0v) is 8.85. The summed E-state index contributed by atoms with van der Waals surface area (Å²) in [5, 5.41) is 0. The largest absolute Gasteiger partial charge is 1.00 e. The molecule has 0 heterocycles. The molecule has 0 amide bonds. The van der Waals surface area contributed by atoms with Crippen molar-refractivity contribution in [3.05, 3.63) is 18.0 Å². The fourth-order valence-corrected chi connectivity index (χ4v) is 0.735. The molecule has 2 heteroatoms. The minimum atomic E-state index is 0. The smallest absolute Gasteiger partial charge is 0.456 e. The number of rotatable bonds is 5. The fourth-order valence-electron chi connectivity index (χ4n) is 0.735. The van der Waals surface area contributed by atoms with E-state index in [1.54, 1.807) is 0 Å². The van der Waals surface area contributed by atoms with E-state index in [1.807, 2.05) is 6.08 Å². The van der Waals surface area contributed by atoms with E-state index in [-0.39, 0.29) is 18.9 Å². The van der Waals surface area contributed by atoms with Gasteiger partial charge in [0.1, 0.15) is 0 Å². The Kier molecular flexibility index (Phi) is 13.1. The number of hydrogen-bond acceptors (Lipinski definition) is 1. The molecule has 0 rings (SSSR count). The average molecular weight is 159 g/mol. The molecule has 0 aromatic carbocycles. The van der Waals surface area contributed by atoms with Crippen molar-refractivity contribution in [3.63, 3.8) is 0 Å². The van der Waals surface area contributed by atoms with Crippen molar-refractivity contribution < 1.29 is 18.9 Å². The van der Waals surface area contributed by atoms with E-state index < -0.39 is 0 Å². The van der Waals surface area contributed by atoms with E-state index in [0.29, 0.717) is 0 Å². The van der Waals surface area contributed by atoms with Crippen LogP contribution in [0.5, 0.6) is 0 Å². The van der Waals surface area contributed by atoms with Gasteiger partial charge < -0.3 is 10.6 Å². The first kappa shape index (κ1) is 14.4. The molecule has 0 spiro atoms. The van der Waals surface area contributed by atoms with Gasteiger partial charge in [-0.15, -0.1) is 6.20 Å². The quantitative estimate of drug-likeness (QED) is 0.228. The third-order valence-corrected chi connectivity index (χ3v) is 1.52. The molecule has 0 aliphatic carbocycles. The van der Waals surface area contributed by atoms with Crippen LogP contribution in [0.3, 0.4) is 0 Å². The van der Waals surface area contributed by atoms with Crippen LogP contribution in [0.2, 0.25) is 0 Å². The van der Waals surface area contributed by atoms with Gasteiger partial charge in [-0.3, -0.25) is 0 Å². The summed E-state index contributed by atoms with van der Waals surface area (Å²) in [5.41, 5.74) is 3.04. The van der Waals surface area contributed by atoms with Crippen molar-refractivity contribution in [2.24, 2.45) is 0 Å². The van der Waals surface area contributed by atoms with Crippen LogP contribution in [0.15, 0.2) is 11.8 Å². The molecule has 0 radical (unpaired) electrons. The van der Waals surface area contributed by atoms with E-state index in [1.165, 1.54) is 6.42 Å². The van der Waals surface area contributed by atoms with Crippen molar-refractivity contribution in [1.29, 1.82) is 0 Å². The van der Waals surface area contributed by atoms with E-state index in [0.717, 1.165) is 19.5 Å². The summed E-state index contributed by atoms with van der Waals surface area (Å²) in [5.74, 6) is 0. The first-order valence-electron chi connectivity index (χ1n) is 4.42. The third-order valence-electron chi connectivity index (χ3n) is 1.52. The van der Waals surface area contributed by atoms with Gasteiger partial charge in [-0.1, -0.05) is 19.8 Å². The van der Waals surface area contributed by atoms with Crippen LogP contribution >= 0.6 is 0 Å². The first-order chi connectivity index (χ1) is 5.35. The van der Waals surface area contributed by atoms with Crippen molar-refractivity contribution in [2.45, 2.75) is 33.6 Å². The summed E-state index contributed by atoms with van der Waals surface area (Å²) in [6, 6.07) is 0. The van der Waals surface area contributed by atoms with Crippen molar-refractivity contribution in [2.75, 3.05) is 13.1 Å². The predicted octanol–water partition coefficient (Wildman–Crippen LogP) is -0.396. The Hall–Kier alpha value is -0.0826. The molecule has 0 saturated heterocycles. The van der Waals surface area contributed by atoms with Crippen LogP contribution in [0, 0.1) is 6.20 Å². The number of hydrogen-bond donors (Lipinski definition) is 0. The minimum absolute atomic E-state index is 0. The summed E-state index contributed by atoms with van der Waals surface area (Å²) >= 11 is 0. The monoisotopic (exact) mass is 159 g/mol. The number of nitrogens with zero attached hydrogens (tertiary/aromatic N) is 1. The van der Waals surface area contributed by atoms with Crippen LogP contribution in [0.1, 0.15) is 33.6 Å². The van der Waals surface area contributed by atoms with Crippen LogP contribution < -0.4 is 18.9 Å². The molecule has 0 bridgehead atoms. The molecule has 0 aliphatic heterocycles. The molecule has 0 aliphatic rings. The average Bonchev–Trinajstić information content (AvgIpc) is 2.05. The first-order valence-corrected chi connectivity index (χ1v) is 4.42. The Morgan fingerprint density at radius 3 is 2.25 bits per heavy atom. The molecule has 0 N–H and O–H groups in total. The standard InChI is InChI=1S/C10H18N.Li/c1-4-7-8-9-10-11(5-2)6-3;/h8H,4-7H2,1-3H3;/q-1;+1. The summed E-state index contributed by atoms with van der Waals surface area (Å²) in [7, 11) is 0. The molecular weight excluding hydrogens is 141 g/mol. The maximum Gasteiger partial charge on any atom is 1.00 e. The van der Waals surface area contributed by atoms with Gasteiger partial charge in [-0.25, -0.2) is 0 Å². The van der Waals surface area contributed by atoms with E-state index >= 15 is 0 Å². The fraction of sp³-hybridized carbons (Fsp3) is 0.700. The zero-order chi connectivity index (χ0) is 8.53. The van der Waals surface area contributed by atoms with Crippen LogP contribution in [0.4, 0.5) is 0 Å². The van der Waals surface area contributed by atoms with Gasteiger partial charge >= 0.3 is 18.9 Å². The van der Waals surface area contributed by atoms with Gasteiger partial charge in [-0.2, -0.15) is 6.08 Å². The van der Waals surface area contributed by atoms with Crippen LogP contribution in [-0.2, 0) is 0 Å². The van der Waals surface area contributed by atoms with Crippen molar-refractivity contribution in [3.8, 4) is 0 Å². The van der Waals surface area contributed by atoms with Gasteiger partial charge in [0.25, 0.3) is 0 Å². The minimum Gasteiger partial charge on any atom is -0.456 e. The molecule has 12 heavy (non-hydrogen) atoms. The second-order valence-corrected chi connectivity index (χ2v) is 2.42. The third kappa shape index (κ3) is 8.02. The SMILES string of the molecule is CCCC=C=[C-]N(CC)CC.[Li+].